The molecule has 0 aliphatic carbocycles. The Morgan fingerprint density at radius 3 is 3.00 bits per heavy atom. The molecule has 2 rings (SSSR count). The summed E-state index contributed by atoms with van der Waals surface area (Å²) in [5.41, 5.74) is 1.63. The van der Waals surface area contributed by atoms with E-state index in [1.807, 2.05) is 0 Å². The predicted molar refractivity (Wildman–Crippen MR) is 72.8 cm³/mol. The second-order valence-electron chi connectivity index (χ2n) is 3.82. The second-order valence-corrected chi connectivity index (χ2v) is 4.71. The topological polar surface area (TPSA) is 115 Å². The van der Waals surface area contributed by atoms with Gasteiger partial charge in [0.25, 0.3) is 0 Å². The summed E-state index contributed by atoms with van der Waals surface area (Å²) in [6, 6.07) is 2.06. The average molecular weight is 297 g/mol. The van der Waals surface area contributed by atoms with Crippen molar-refractivity contribution in [3.63, 3.8) is 0 Å². The van der Waals surface area contributed by atoms with Crippen LogP contribution < -0.4 is 5.32 Å². The number of aliphatic hydroxyl groups is 1. The molecule has 1 atom stereocenters. The highest BCUT2D eigenvalue weighted by molar-refractivity contribution is 7.16. The molecule has 0 bridgehead atoms. The van der Waals surface area contributed by atoms with E-state index >= 15 is 0 Å². The molecule has 0 aliphatic heterocycles. The number of hydrogen-bond acceptors (Lipinski definition) is 8. The molecule has 0 fully saturated rings. The van der Waals surface area contributed by atoms with Crippen LogP contribution in [0.3, 0.4) is 0 Å². The zero-order chi connectivity index (χ0) is 14.7. The lowest BCUT2D eigenvalue weighted by Crippen LogP contribution is -2.34. The largest absolute Gasteiger partial charge is 0.467 e. The molecule has 0 radical (unpaired) electrons. The normalized spacial score (nSPS) is 12.1. The van der Waals surface area contributed by atoms with Crippen LogP contribution in [0.2, 0.25) is 0 Å². The van der Waals surface area contributed by atoms with Crippen molar-refractivity contribution in [3.8, 4) is 0 Å². The molecule has 1 heterocycles. The molecule has 2 N–H and O–H groups in total. The summed E-state index contributed by atoms with van der Waals surface area (Å²) in [4.78, 5) is 26.0. The van der Waals surface area contributed by atoms with Crippen molar-refractivity contribution in [3.05, 3.63) is 27.8 Å². The highest BCUT2D eigenvalue weighted by Gasteiger charge is 2.25. The van der Waals surface area contributed by atoms with Crippen molar-refractivity contribution >= 4 is 38.9 Å². The van der Waals surface area contributed by atoms with Gasteiger partial charge in [0.15, 0.2) is 5.52 Å². The minimum Gasteiger partial charge on any atom is -0.467 e. The maximum atomic E-state index is 11.4. The van der Waals surface area contributed by atoms with Gasteiger partial charge in [-0.1, -0.05) is 0 Å². The number of rotatable bonds is 5. The number of nitro benzene ring substituents is 1. The van der Waals surface area contributed by atoms with Gasteiger partial charge in [-0.05, 0) is 12.1 Å². The predicted octanol–water partition coefficient (Wildman–Crippen LogP) is 1.15. The average Bonchev–Trinajstić information content (AvgIpc) is 2.91. The summed E-state index contributed by atoms with van der Waals surface area (Å²) in [6.07, 6.45) is 0. The number of carbonyl (C=O) groups excluding carboxylic acids is 1. The number of esters is 1. The fourth-order valence-corrected chi connectivity index (χ4v) is 2.41. The molecule has 0 spiro atoms. The highest BCUT2D eigenvalue weighted by atomic mass is 32.1. The van der Waals surface area contributed by atoms with E-state index in [1.165, 1.54) is 30.0 Å². The van der Waals surface area contributed by atoms with Gasteiger partial charge in [-0.25, -0.2) is 9.78 Å². The van der Waals surface area contributed by atoms with Gasteiger partial charge in [0.05, 0.1) is 28.9 Å². The second kappa shape index (κ2) is 5.80. The van der Waals surface area contributed by atoms with Crippen molar-refractivity contribution in [2.24, 2.45) is 0 Å². The summed E-state index contributed by atoms with van der Waals surface area (Å²) in [5.74, 6) is -0.708. The van der Waals surface area contributed by atoms with Crippen LogP contribution in [0.4, 0.5) is 11.4 Å². The lowest BCUT2D eigenvalue weighted by molar-refractivity contribution is -0.382. The van der Waals surface area contributed by atoms with E-state index in [9.17, 15) is 14.9 Å². The van der Waals surface area contributed by atoms with Crippen LogP contribution in [-0.2, 0) is 9.53 Å². The number of nitro groups is 1. The van der Waals surface area contributed by atoms with E-state index in [0.29, 0.717) is 4.70 Å². The Labute approximate surface area is 117 Å². The van der Waals surface area contributed by atoms with Gasteiger partial charge in [0.1, 0.15) is 11.7 Å². The van der Waals surface area contributed by atoms with Gasteiger partial charge in [0, 0.05) is 0 Å². The number of fused-ring (bicyclic) bond motifs is 1. The van der Waals surface area contributed by atoms with Crippen molar-refractivity contribution in [1.82, 2.24) is 4.98 Å². The molecule has 1 aromatic heterocycles. The van der Waals surface area contributed by atoms with Gasteiger partial charge < -0.3 is 15.2 Å². The Hall–Kier alpha value is -2.26. The summed E-state index contributed by atoms with van der Waals surface area (Å²) in [7, 11) is 1.17. The maximum absolute atomic E-state index is 11.4. The molecule has 1 unspecified atom stereocenters. The third kappa shape index (κ3) is 2.53. The Bertz CT molecular complexity index is 657. The van der Waals surface area contributed by atoms with E-state index in [2.05, 4.69) is 15.0 Å². The molecule has 9 heteroatoms. The molecule has 2 aromatic rings. The van der Waals surface area contributed by atoms with Crippen LogP contribution in [0.25, 0.3) is 10.2 Å². The zero-order valence-electron chi connectivity index (χ0n) is 10.4. The highest BCUT2D eigenvalue weighted by Crippen LogP contribution is 2.34. The summed E-state index contributed by atoms with van der Waals surface area (Å²) in [6.45, 7) is -0.543. The van der Waals surface area contributed by atoms with Crippen molar-refractivity contribution < 1.29 is 19.6 Å². The fourth-order valence-electron chi connectivity index (χ4n) is 1.73. The Morgan fingerprint density at radius 2 is 2.40 bits per heavy atom. The molecule has 0 aliphatic rings. The van der Waals surface area contributed by atoms with Crippen molar-refractivity contribution in [2.45, 2.75) is 6.04 Å². The van der Waals surface area contributed by atoms with Crippen LogP contribution in [0.1, 0.15) is 0 Å². The number of hydrogen-bond donors (Lipinski definition) is 2. The lowest BCUT2D eigenvalue weighted by Gasteiger charge is -2.15. The first-order chi connectivity index (χ1) is 9.58. The SMILES string of the molecule is COC(=O)C(CO)Nc1ccc2scnc2c1[N+](=O)[O-]. The Balaban J connectivity index is 2.45. The first-order valence-electron chi connectivity index (χ1n) is 5.54. The molecule has 0 amide bonds. The van der Waals surface area contributed by atoms with Crippen molar-refractivity contribution in [1.29, 1.82) is 0 Å². The van der Waals surface area contributed by atoms with E-state index in [4.69, 9.17) is 5.11 Å². The van der Waals surface area contributed by atoms with Crippen LogP contribution >= 0.6 is 11.3 Å². The van der Waals surface area contributed by atoms with Crippen LogP contribution in [0.15, 0.2) is 17.6 Å². The number of benzene rings is 1. The monoisotopic (exact) mass is 297 g/mol. The Kier molecular flexibility index (Phi) is 4.11. The van der Waals surface area contributed by atoms with Crippen LogP contribution in [-0.4, -0.2) is 40.7 Å². The number of aliphatic hydroxyl groups excluding tert-OH is 1. The molecule has 8 nitrogen and oxygen atoms in total. The third-order valence-electron chi connectivity index (χ3n) is 2.66. The molecule has 1 aromatic carbocycles. The van der Waals surface area contributed by atoms with Gasteiger partial charge in [-0.2, -0.15) is 0 Å². The first-order valence-corrected chi connectivity index (χ1v) is 6.42. The number of nitrogens with zero attached hydrogens (tertiary/aromatic N) is 2. The van der Waals surface area contributed by atoms with Gasteiger partial charge in [-0.15, -0.1) is 11.3 Å². The summed E-state index contributed by atoms with van der Waals surface area (Å²) < 4.78 is 5.17. The van der Waals surface area contributed by atoms with E-state index in [-0.39, 0.29) is 16.9 Å². The van der Waals surface area contributed by atoms with Crippen molar-refractivity contribution in [2.75, 3.05) is 19.0 Å². The first kappa shape index (κ1) is 14.2. The number of anilines is 1. The van der Waals surface area contributed by atoms with Crippen LogP contribution in [0.5, 0.6) is 0 Å². The minimum absolute atomic E-state index is 0.109. The number of carbonyl (C=O) groups is 1. The molecular weight excluding hydrogens is 286 g/mol. The number of ether oxygens (including phenoxy) is 1. The van der Waals surface area contributed by atoms with Gasteiger partial charge >= 0.3 is 11.7 Å². The quantitative estimate of drug-likeness (QED) is 0.483. The van der Waals surface area contributed by atoms with Crippen LogP contribution in [0, 0.1) is 10.1 Å². The number of nitrogens with one attached hydrogen (secondary N) is 1. The smallest absolute Gasteiger partial charge is 0.330 e. The molecule has 0 saturated heterocycles. The maximum Gasteiger partial charge on any atom is 0.330 e. The number of methoxy groups -OCH3 is 1. The zero-order valence-corrected chi connectivity index (χ0v) is 11.2. The number of thiazole rings is 1. The summed E-state index contributed by atoms with van der Waals surface area (Å²) >= 11 is 1.28. The van der Waals surface area contributed by atoms with Gasteiger partial charge in [-0.3, -0.25) is 10.1 Å². The standard InChI is InChI=1S/C11H11N3O5S/c1-19-11(16)7(4-15)13-6-2-3-8-9(12-5-20-8)10(6)14(17)18/h2-3,5,7,13,15H,4H2,1H3. The third-order valence-corrected chi connectivity index (χ3v) is 3.45. The van der Waals surface area contributed by atoms with Gasteiger partial charge in [0.2, 0.25) is 0 Å². The fraction of sp³-hybridized carbons (Fsp3) is 0.273. The molecule has 20 heavy (non-hydrogen) atoms. The molecule has 106 valence electrons. The minimum atomic E-state index is -1.07. The molecule has 0 saturated carbocycles. The Morgan fingerprint density at radius 1 is 1.65 bits per heavy atom. The number of aromatic nitrogens is 1. The van der Waals surface area contributed by atoms with E-state index in [0.717, 1.165) is 0 Å². The molecular formula is C11H11N3O5S. The summed E-state index contributed by atoms with van der Waals surface area (Å²) in [5, 5.41) is 22.9. The lowest BCUT2D eigenvalue weighted by atomic mass is 10.2. The van der Waals surface area contributed by atoms with E-state index in [1.54, 1.807) is 6.07 Å². The van der Waals surface area contributed by atoms with E-state index < -0.39 is 23.5 Å².